The van der Waals surface area contributed by atoms with Crippen LogP contribution in [0.3, 0.4) is 0 Å². The van der Waals surface area contributed by atoms with Crippen LogP contribution in [0.25, 0.3) is 0 Å². The van der Waals surface area contributed by atoms with Gasteiger partial charge in [-0.25, -0.2) is 5.43 Å². The topological polar surface area (TPSA) is 134 Å². The van der Waals surface area contributed by atoms with E-state index in [2.05, 4.69) is 10.5 Å². The molecule has 0 radical (unpaired) electrons. The smallest absolute Gasteiger partial charge is 0.282 e. The summed E-state index contributed by atoms with van der Waals surface area (Å²) in [5, 5.41) is 33.9. The van der Waals surface area contributed by atoms with Gasteiger partial charge in [0.2, 0.25) is 0 Å². The fourth-order valence-corrected chi connectivity index (χ4v) is 1.89. The number of phenols is 2. The fourth-order valence-electron chi connectivity index (χ4n) is 1.89. The first-order chi connectivity index (χ1) is 11.4. The third-order valence-corrected chi connectivity index (χ3v) is 3.04. The second-order valence-electron chi connectivity index (χ2n) is 4.56. The Morgan fingerprint density at radius 2 is 2.00 bits per heavy atom. The second-order valence-corrected chi connectivity index (χ2v) is 4.56. The molecule has 0 aliphatic carbocycles. The highest BCUT2D eigenvalue weighted by molar-refractivity contribution is 5.97. The number of rotatable bonds is 5. The first-order valence-electron chi connectivity index (χ1n) is 6.60. The van der Waals surface area contributed by atoms with Crippen molar-refractivity contribution >= 4 is 17.8 Å². The SMILES string of the molecule is COc1cc([N+](=O)[O-])c(/C=N\NC(=O)c2ccccc2O)cc1O. The molecule has 0 bridgehead atoms. The summed E-state index contributed by atoms with van der Waals surface area (Å²) in [6.07, 6.45) is 1.01. The van der Waals surface area contributed by atoms with E-state index in [1.165, 1.54) is 19.2 Å². The molecule has 0 fully saturated rings. The first kappa shape index (κ1) is 16.7. The Kier molecular flexibility index (Phi) is 4.95. The van der Waals surface area contributed by atoms with Crippen LogP contribution in [0.1, 0.15) is 15.9 Å². The molecule has 0 unspecified atom stereocenters. The number of methoxy groups -OCH3 is 1. The Hall–Kier alpha value is -3.62. The summed E-state index contributed by atoms with van der Waals surface area (Å²) in [5.74, 6) is -1.28. The van der Waals surface area contributed by atoms with E-state index in [1.807, 2.05) is 0 Å². The second kappa shape index (κ2) is 7.09. The van der Waals surface area contributed by atoms with Crippen LogP contribution in [0.2, 0.25) is 0 Å². The van der Waals surface area contributed by atoms with Gasteiger partial charge in [0.05, 0.1) is 35.4 Å². The van der Waals surface area contributed by atoms with Crippen molar-refractivity contribution in [3.63, 3.8) is 0 Å². The molecule has 0 saturated heterocycles. The van der Waals surface area contributed by atoms with E-state index in [9.17, 15) is 25.1 Å². The summed E-state index contributed by atoms with van der Waals surface area (Å²) in [4.78, 5) is 22.2. The predicted molar refractivity (Wildman–Crippen MR) is 84.5 cm³/mol. The average Bonchev–Trinajstić information content (AvgIpc) is 2.55. The number of amides is 1. The zero-order valence-electron chi connectivity index (χ0n) is 12.5. The number of para-hydroxylation sites is 1. The summed E-state index contributed by atoms with van der Waals surface area (Å²) in [7, 11) is 1.26. The van der Waals surface area contributed by atoms with Crippen LogP contribution in [-0.2, 0) is 0 Å². The molecule has 124 valence electrons. The lowest BCUT2D eigenvalue weighted by Gasteiger charge is -2.05. The molecule has 9 nitrogen and oxygen atoms in total. The van der Waals surface area contributed by atoms with Crippen molar-refractivity contribution < 1.29 is 24.7 Å². The Morgan fingerprint density at radius 3 is 2.62 bits per heavy atom. The third kappa shape index (κ3) is 3.58. The lowest BCUT2D eigenvalue weighted by Crippen LogP contribution is -2.17. The average molecular weight is 331 g/mol. The van der Waals surface area contributed by atoms with Crippen LogP contribution in [-0.4, -0.2) is 34.4 Å². The van der Waals surface area contributed by atoms with Crippen molar-refractivity contribution in [1.29, 1.82) is 0 Å². The number of phenolic OH excluding ortho intramolecular Hbond substituents is 2. The monoisotopic (exact) mass is 331 g/mol. The third-order valence-electron chi connectivity index (χ3n) is 3.04. The van der Waals surface area contributed by atoms with Gasteiger partial charge in [0, 0.05) is 0 Å². The zero-order valence-corrected chi connectivity index (χ0v) is 12.5. The molecule has 0 atom stereocenters. The zero-order chi connectivity index (χ0) is 17.7. The first-order valence-corrected chi connectivity index (χ1v) is 6.60. The maximum Gasteiger partial charge on any atom is 0.282 e. The minimum absolute atomic E-state index is 0.00160. The van der Waals surface area contributed by atoms with Gasteiger partial charge in [-0.3, -0.25) is 14.9 Å². The molecule has 0 spiro atoms. The molecule has 3 N–H and O–H groups in total. The van der Waals surface area contributed by atoms with Crippen molar-refractivity contribution in [2.24, 2.45) is 5.10 Å². The van der Waals surface area contributed by atoms with Gasteiger partial charge in [-0.1, -0.05) is 12.1 Å². The molecular weight excluding hydrogens is 318 g/mol. The van der Waals surface area contributed by atoms with E-state index >= 15 is 0 Å². The molecule has 2 aromatic rings. The Morgan fingerprint density at radius 1 is 1.29 bits per heavy atom. The normalized spacial score (nSPS) is 10.5. The molecule has 0 saturated carbocycles. The van der Waals surface area contributed by atoms with Crippen molar-refractivity contribution in [1.82, 2.24) is 5.43 Å². The van der Waals surface area contributed by atoms with E-state index < -0.39 is 10.8 Å². The maximum atomic E-state index is 11.9. The molecule has 24 heavy (non-hydrogen) atoms. The van der Waals surface area contributed by atoms with Gasteiger partial charge >= 0.3 is 0 Å². The van der Waals surface area contributed by atoms with Crippen molar-refractivity contribution in [3.8, 4) is 17.2 Å². The highest BCUT2D eigenvalue weighted by Crippen LogP contribution is 2.32. The molecule has 9 heteroatoms. The van der Waals surface area contributed by atoms with Crippen LogP contribution in [0.5, 0.6) is 17.2 Å². The molecular formula is C15H13N3O6. The summed E-state index contributed by atoms with van der Waals surface area (Å²) >= 11 is 0. The lowest BCUT2D eigenvalue weighted by molar-refractivity contribution is -0.385. The molecule has 2 rings (SSSR count). The van der Waals surface area contributed by atoms with E-state index in [4.69, 9.17) is 4.74 Å². The van der Waals surface area contributed by atoms with Crippen LogP contribution >= 0.6 is 0 Å². The van der Waals surface area contributed by atoms with Crippen LogP contribution in [0.4, 0.5) is 5.69 Å². The Labute approximate surface area is 136 Å². The van der Waals surface area contributed by atoms with Crippen molar-refractivity contribution in [2.75, 3.05) is 7.11 Å². The van der Waals surface area contributed by atoms with Gasteiger partial charge in [0.1, 0.15) is 5.75 Å². The number of aromatic hydroxyl groups is 2. The van der Waals surface area contributed by atoms with E-state index in [-0.39, 0.29) is 34.1 Å². The summed E-state index contributed by atoms with van der Waals surface area (Å²) in [6, 6.07) is 7.98. The molecule has 1 amide bonds. The number of carbonyl (C=O) groups excluding carboxylic acids is 1. The standard InChI is InChI=1S/C15H13N3O6/c1-24-14-7-11(18(22)23)9(6-13(14)20)8-16-17-15(21)10-4-2-3-5-12(10)19/h2-8,19-20H,1H3,(H,17,21)/b16-8-. The lowest BCUT2D eigenvalue weighted by atomic mass is 10.1. The summed E-state index contributed by atoms with van der Waals surface area (Å²) in [5.41, 5.74) is 1.75. The number of nitro groups is 1. The highest BCUT2D eigenvalue weighted by atomic mass is 16.6. The number of nitrogens with one attached hydrogen (secondary N) is 1. The maximum absolute atomic E-state index is 11.9. The Bertz CT molecular complexity index is 819. The van der Waals surface area contributed by atoms with Crippen LogP contribution in [0, 0.1) is 10.1 Å². The van der Waals surface area contributed by atoms with Crippen LogP contribution in [0.15, 0.2) is 41.5 Å². The molecule has 0 heterocycles. The number of hydrogen-bond donors (Lipinski definition) is 3. The van der Waals surface area contributed by atoms with Gasteiger partial charge in [0.25, 0.3) is 11.6 Å². The minimum atomic E-state index is -0.690. The highest BCUT2D eigenvalue weighted by Gasteiger charge is 2.17. The summed E-state index contributed by atoms with van der Waals surface area (Å²) in [6.45, 7) is 0. The van der Waals surface area contributed by atoms with E-state index in [0.717, 1.165) is 18.3 Å². The minimum Gasteiger partial charge on any atom is -0.507 e. The number of ether oxygens (including phenoxy) is 1. The number of nitro benzene ring substituents is 1. The number of nitrogens with zero attached hydrogens (tertiary/aromatic N) is 2. The van der Waals surface area contributed by atoms with Gasteiger partial charge in [-0.2, -0.15) is 5.10 Å². The van der Waals surface area contributed by atoms with Gasteiger partial charge in [-0.15, -0.1) is 0 Å². The van der Waals surface area contributed by atoms with Crippen molar-refractivity contribution in [3.05, 3.63) is 57.6 Å². The quantitative estimate of drug-likeness (QED) is 0.434. The van der Waals surface area contributed by atoms with Crippen LogP contribution < -0.4 is 10.2 Å². The predicted octanol–water partition coefficient (Wildman–Crippen LogP) is 1.78. The molecule has 0 aromatic heterocycles. The number of carbonyl (C=O) groups is 1. The molecule has 0 aliphatic rings. The van der Waals surface area contributed by atoms with Gasteiger partial charge in [0.15, 0.2) is 11.5 Å². The number of hydrazone groups is 1. The van der Waals surface area contributed by atoms with Gasteiger partial charge < -0.3 is 14.9 Å². The largest absolute Gasteiger partial charge is 0.507 e. The van der Waals surface area contributed by atoms with Gasteiger partial charge in [-0.05, 0) is 18.2 Å². The Balaban J connectivity index is 2.23. The van der Waals surface area contributed by atoms with E-state index in [1.54, 1.807) is 12.1 Å². The molecule has 0 aliphatic heterocycles. The van der Waals surface area contributed by atoms with E-state index in [0.29, 0.717) is 0 Å². The number of benzene rings is 2. The number of hydrogen-bond acceptors (Lipinski definition) is 7. The summed E-state index contributed by atoms with van der Waals surface area (Å²) < 4.78 is 4.81. The van der Waals surface area contributed by atoms with Crippen molar-refractivity contribution in [2.45, 2.75) is 0 Å². The fraction of sp³-hybridized carbons (Fsp3) is 0.0667. The molecule has 2 aromatic carbocycles.